The summed E-state index contributed by atoms with van der Waals surface area (Å²) >= 11 is 0. The number of hydrogen-bond acceptors (Lipinski definition) is 4. The lowest BCUT2D eigenvalue weighted by atomic mass is 10.1. The lowest BCUT2D eigenvalue weighted by molar-refractivity contribution is 0.0589. The van der Waals surface area contributed by atoms with E-state index < -0.39 is 10.0 Å². The molecule has 1 aromatic rings. The zero-order valence-corrected chi connectivity index (χ0v) is 16.1. The van der Waals surface area contributed by atoms with Gasteiger partial charge in [0.05, 0.1) is 18.0 Å². The molecule has 140 valence electrons. The number of benzene rings is 1. The number of amides is 1. The lowest BCUT2D eigenvalue weighted by Crippen LogP contribution is -2.41. The van der Waals surface area contributed by atoms with E-state index in [1.54, 1.807) is 31.4 Å². The molecule has 6 nitrogen and oxygen atoms in total. The van der Waals surface area contributed by atoms with Crippen LogP contribution in [0.15, 0.2) is 24.3 Å². The summed E-state index contributed by atoms with van der Waals surface area (Å²) in [5.74, 6) is 0.0861. The van der Waals surface area contributed by atoms with Crippen molar-refractivity contribution in [3.63, 3.8) is 0 Å². The first-order chi connectivity index (χ1) is 11.9. The topological polar surface area (TPSA) is 66.9 Å². The molecule has 1 heterocycles. The molecule has 2 rings (SSSR count). The standard InChI is InChI=1S/C18H28N2O4S/c1-4-16(5-2)19(11-12-24-3)18(21)15-8-6-9-17(14-15)20-10-7-13-25(20,22)23/h6,8-9,14,16H,4-5,7,10-13H2,1-3H3. The summed E-state index contributed by atoms with van der Waals surface area (Å²) in [6.45, 7) is 5.60. The quantitative estimate of drug-likeness (QED) is 0.707. The molecule has 0 unspecified atom stereocenters. The van der Waals surface area contributed by atoms with Crippen LogP contribution in [0.3, 0.4) is 0 Å². The van der Waals surface area contributed by atoms with Crippen LogP contribution in [0.4, 0.5) is 5.69 Å². The van der Waals surface area contributed by atoms with Gasteiger partial charge in [-0.05, 0) is 37.5 Å². The number of carbonyl (C=O) groups excluding carboxylic acids is 1. The number of rotatable bonds is 8. The summed E-state index contributed by atoms with van der Waals surface area (Å²) < 4.78 is 30.8. The second-order valence-electron chi connectivity index (χ2n) is 6.25. The number of ether oxygens (including phenoxy) is 1. The molecule has 1 fully saturated rings. The van der Waals surface area contributed by atoms with Crippen molar-refractivity contribution >= 4 is 21.6 Å². The smallest absolute Gasteiger partial charge is 0.254 e. The van der Waals surface area contributed by atoms with Crippen LogP contribution in [0, 0.1) is 0 Å². The van der Waals surface area contributed by atoms with Gasteiger partial charge >= 0.3 is 0 Å². The van der Waals surface area contributed by atoms with Crippen molar-refractivity contribution in [2.24, 2.45) is 0 Å². The highest BCUT2D eigenvalue weighted by Crippen LogP contribution is 2.25. The summed E-state index contributed by atoms with van der Waals surface area (Å²) in [6, 6.07) is 7.07. The molecule has 0 aromatic heterocycles. The largest absolute Gasteiger partial charge is 0.383 e. The van der Waals surface area contributed by atoms with Crippen LogP contribution in [-0.2, 0) is 14.8 Å². The van der Waals surface area contributed by atoms with E-state index in [4.69, 9.17) is 4.74 Å². The van der Waals surface area contributed by atoms with Crippen molar-refractivity contribution < 1.29 is 17.9 Å². The molecule has 0 aliphatic carbocycles. The minimum Gasteiger partial charge on any atom is -0.383 e. The molecule has 0 bridgehead atoms. The summed E-state index contributed by atoms with van der Waals surface area (Å²) in [7, 11) is -1.63. The van der Waals surface area contributed by atoms with Gasteiger partial charge in [0.25, 0.3) is 5.91 Å². The summed E-state index contributed by atoms with van der Waals surface area (Å²) in [5, 5.41) is 0. The molecule has 1 aliphatic heterocycles. The molecule has 0 radical (unpaired) electrons. The van der Waals surface area contributed by atoms with E-state index in [1.807, 2.05) is 4.90 Å². The Morgan fingerprint density at radius 2 is 2.04 bits per heavy atom. The molecule has 7 heteroatoms. The molecule has 1 aliphatic rings. The van der Waals surface area contributed by atoms with Crippen molar-refractivity contribution in [3.8, 4) is 0 Å². The Morgan fingerprint density at radius 3 is 2.60 bits per heavy atom. The molecule has 1 saturated heterocycles. The van der Waals surface area contributed by atoms with Gasteiger partial charge in [-0.15, -0.1) is 0 Å². The number of nitrogens with zero attached hydrogens (tertiary/aromatic N) is 2. The highest BCUT2D eigenvalue weighted by Gasteiger charge is 2.29. The number of hydrogen-bond donors (Lipinski definition) is 0. The SMILES string of the molecule is CCC(CC)N(CCOC)C(=O)c1cccc(N2CCCS2(=O)=O)c1. The fraction of sp³-hybridized carbons (Fsp3) is 0.611. The fourth-order valence-corrected chi connectivity index (χ4v) is 4.81. The molecule has 0 atom stereocenters. The Balaban J connectivity index is 2.29. The van der Waals surface area contributed by atoms with Crippen molar-refractivity contribution in [2.75, 3.05) is 36.9 Å². The normalized spacial score (nSPS) is 16.4. The molecule has 1 aromatic carbocycles. The summed E-state index contributed by atoms with van der Waals surface area (Å²) in [5.41, 5.74) is 1.09. The average Bonchev–Trinajstić information content (AvgIpc) is 2.97. The van der Waals surface area contributed by atoms with Crippen LogP contribution in [0.1, 0.15) is 43.5 Å². The molecule has 1 amide bonds. The maximum Gasteiger partial charge on any atom is 0.254 e. The third kappa shape index (κ3) is 4.52. The highest BCUT2D eigenvalue weighted by atomic mass is 32.2. The number of sulfonamides is 1. The molecular formula is C18H28N2O4S. The number of methoxy groups -OCH3 is 1. The van der Waals surface area contributed by atoms with E-state index in [9.17, 15) is 13.2 Å². The van der Waals surface area contributed by atoms with Gasteiger partial charge < -0.3 is 9.64 Å². The predicted molar refractivity (Wildman–Crippen MR) is 99.5 cm³/mol. The van der Waals surface area contributed by atoms with Crippen LogP contribution in [0.2, 0.25) is 0 Å². The van der Waals surface area contributed by atoms with Gasteiger partial charge in [-0.1, -0.05) is 19.9 Å². The van der Waals surface area contributed by atoms with Crippen LogP contribution in [0.5, 0.6) is 0 Å². The van der Waals surface area contributed by atoms with E-state index in [2.05, 4.69) is 13.8 Å². The zero-order chi connectivity index (χ0) is 18.4. The Bertz CT molecular complexity index is 686. The predicted octanol–water partition coefficient (Wildman–Crippen LogP) is 2.50. The summed E-state index contributed by atoms with van der Waals surface area (Å²) in [6.07, 6.45) is 2.35. The van der Waals surface area contributed by atoms with Crippen molar-refractivity contribution in [1.29, 1.82) is 0 Å². The second-order valence-corrected chi connectivity index (χ2v) is 8.27. The zero-order valence-electron chi connectivity index (χ0n) is 15.3. The van der Waals surface area contributed by atoms with Crippen LogP contribution < -0.4 is 4.31 Å². The van der Waals surface area contributed by atoms with Crippen molar-refractivity contribution in [2.45, 2.75) is 39.2 Å². The lowest BCUT2D eigenvalue weighted by Gasteiger charge is -2.31. The Morgan fingerprint density at radius 1 is 1.32 bits per heavy atom. The number of carbonyl (C=O) groups is 1. The maximum absolute atomic E-state index is 13.0. The number of anilines is 1. The molecule has 0 saturated carbocycles. The minimum absolute atomic E-state index is 0.0794. The van der Waals surface area contributed by atoms with Gasteiger partial charge in [0.15, 0.2) is 0 Å². The molecular weight excluding hydrogens is 340 g/mol. The van der Waals surface area contributed by atoms with Gasteiger partial charge in [0.1, 0.15) is 0 Å². The third-order valence-corrected chi connectivity index (χ3v) is 6.53. The first kappa shape index (κ1) is 19.7. The minimum atomic E-state index is -3.25. The average molecular weight is 368 g/mol. The van der Waals surface area contributed by atoms with Gasteiger partial charge in [-0.25, -0.2) is 8.42 Å². The van der Waals surface area contributed by atoms with Crippen LogP contribution >= 0.6 is 0 Å². The van der Waals surface area contributed by atoms with Gasteiger partial charge in [-0.2, -0.15) is 0 Å². The first-order valence-corrected chi connectivity index (χ1v) is 10.5. The third-order valence-electron chi connectivity index (χ3n) is 4.66. The first-order valence-electron chi connectivity index (χ1n) is 8.85. The van der Waals surface area contributed by atoms with E-state index in [1.165, 1.54) is 4.31 Å². The molecule has 0 spiro atoms. The van der Waals surface area contributed by atoms with Gasteiger partial charge in [0, 0.05) is 31.8 Å². The van der Waals surface area contributed by atoms with Crippen LogP contribution in [-0.4, -0.2) is 57.8 Å². The monoisotopic (exact) mass is 368 g/mol. The van der Waals surface area contributed by atoms with Gasteiger partial charge in [0.2, 0.25) is 10.0 Å². The van der Waals surface area contributed by atoms with Crippen molar-refractivity contribution in [1.82, 2.24) is 4.90 Å². The second kappa shape index (κ2) is 8.67. The molecule has 25 heavy (non-hydrogen) atoms. The summed E-state index contributed by atoms with van der Waals surface area (Å²) in [4.78, 5) is 14.9. The Labute approximate surface area is 150 Å². The fourth-order valence-electron chi connectivity index (χ4n) is 3.26. The van der Waals surface area contributed by atoms with E-state index in [0.29, 0.717) is 37.4 Å². The van der Waals surface area contributed by atoms with E-state index in [0.717, 1.165) is 12.8 Å². The van der Waals surface area contributed by atoms with Gasteiger partial charge in [-0.3, -0.25) is 9.10 Å². The van der Waals surface area contributed by atoms with E-state index >= 15 is 0 Å². The molecule has 0 N–H and O–H groups in total. The Hall–Kier alpha value is -1.60. The van der Waals surface area contributed by atoms with E-state index in [-0.39, 0.29) is 17.7 Å². The highest BCUT2D eigenvalue weighted by molar-refractivity contribution is 7.93. The van der Waals surface area contributed by atoms with Crippen LogP contribution in [0.25, 0.3) is 0 Å². The maximum atomic E-state index is 13.0. The Kier molecular flexibility index (Phi) is 6.84. The van der Waals surface area contributed by atoms with Crippen molar-refractivity contribution in [3.05, 3.63) is 29.8 Å².